The van der Waals surface area contributed by atoms with E-state index < -0.39 is 0 Å². The van der Waals surface area contributed by atoms with Gasteiger partial charge in [0.1, 0.15) is 0 Å². The van der Waals surface area contributed by atoms with Crippen LogP contribution in [0, 0.1) is 12.8 Å². The van der Waals surface area contributed by atoms with Gasteiger partial charge in [-0.25, -0.2) is 4.79 Å². The molecular formula is C18H27N3O2. The summed E-state index contributed by atoms with van der Waals surface area (Å²) in [6.45, 7) is 5.66. The zero-order chi connectivity index (χ0) is 16.2. The molecule has 1 aromatic rings. The first-order valence-electron chi connectivity index (χ1n) is 8.64. The number of benzene rings is 1. The highest BCUT2D eigenvalue weighted by Crippen LogP contribution is 2.31. The van der Waals surface area contributed by atoms with Crippen LogP contribution in [-0.2, 0) is 0 Å². The van der Waals surface area contributed by atoms with Gasteiger partial charge in [0.25, 0.3) is 0 Å². The maximum absolute atomic E-state index is 12.5. The highest BCUT2D eigenvalue weighted by Gasteiger charge is 2.33. The molecule has 1 aliphatic heterocycles. The molecule has 2 N–H and O–H groups in total. The Labute approximate surface area is 138 Å². The van der Waals surface area contributed by atoms with Crippen LogP contribution in [0.2, 0.25) is 0 Å². The van der Waals surface area contributed by atoms with Gasteiger partial charge < -0.3 is 15.3 Å². The molecule has 5 nitrogen and oxygen atoms in total. The summed E-state index contributed by atoms with van der Waals surface area (Å²) in [5.41, 5.74) is 1.94. The highest BCUT2D eigenvalue weighted by molar-refractivity contribution is 5.90. The van der Waals surface area contributed by atoms with Crippen LogP contribution in [0.15, 0.2) is 24.3 Å². The summed E-state index contributed by atoms with van der Waals surface area (Å²) in [5.74, 6) is 0.837. The number of para-hydroxylation sites is 1. The fourth-order valence-corrected chi connectivity index (χ4v) is 3.28. The Balaban J connectivity index is 1.59. The molecule has 2 aliphatic rings. The Morgan fingerprint density at radius 2 is 2.09 bits per heavy atom. The first-order valence-corrected chi connectivity index (χ1v) is 8.64. The summed E-state index contributed by atoms with van der Waals surface area (Å²) in [7, 11) is 0. The van der Waals surface area contributed by atoms with E-state index in [1.54, 1.807) is 0 Å². The maximum Gasteiger partial charge on any atom is 0.321 e. The van der Waals surface area contributed by atoms with Crippen LogP contribution in [-0.4, -0.2) is 59.8 Å². The third-order valence-corrected chi connectivity index (χ3v) is 4.93. The molecule has 1 saturated heterocycles. The van der Waals surface area contributed by atoms with E-state index in [4.69, 9.17) is 0 Å². The Morgan fingerprint density at radius 1 is 1.30 bits per heavy atom. The third kappa shape index (κ3) is 4.24. The van der Waals surface area contributed by atoms with Crippen molar-refractivity contribution < 1.29 is 9.90 Å². The molecule has 1 aromatic carbocycles. The van der Waals surface area contributed by atoms with Crippen LogP contribution < -0.4 is 5.32 Å². The summed E-state index contributed by atoms with van der Waals surface area (Å²) in [5, 5.41) is 12.4. The quantitative estimate of drug-likeness (QED) is 0.876. The van der Waals surface area contributed by atoms with E-state index >= 15 is 0 Å². The summed E-state index contributed by atoms with van der Waals surface area (Å²) < 4.78 is 0. The number of aliphatic hydroxyl groups excluding tert-OH is 1. The number of piperazine rings is 1. The second kappa shape index (κ2) is 7.32. The molecule has 2 fully saturated rings. The van der Waals surface area contributed by atoms with Crippen LogP contribution in [0.5, 0.6) is 0 Å². The van der Waals surface area contributed by atoms with Gasteiger partial charge in [0, 0.05) is 44.5 Å². The molecule has 1 saturated carbocycles. The lowest BCUT2D eigenvalue weighted by molar-refractivity contribution is 0.0739. The van der Waals surface area contributed by atoms with Crippen LogP contribution >= 0.6 is 0 Å². The number of aryl methyl sites for hydroxylation is 1. The number of carbonyl (C=O) groups is 1. The van der Waals surface area contributed by atoms with Gasteiger partial charge in [-0.3, -0.25) is 4.90 Å². The number of nitrogens with one attached hydrogen (secondary N) is 1. The molecule has 0 radical (unpaired) electrons. The molecular weight excluding hydrogens is 290 g/mol. The van der Waals surface area contributed by atoms with Gasteiger partial charge in [0.15, 0.2) is 0 Å². The summed E-state index contributed by atoms with van der Waals surface area (Å²) in [4.78, 5) is 16.9. The second-order valence-electron chi connectivity index (χ2n) is 6.80. The van der Waals surface area contributed by atoms with Crippen molar-refractivity contribution in [2.75, 3.05) is 38.1 Å². The topological polar surface area (TPSA) is 55.8 Å². The maximum atomic E-state index is 12.5. The second-order valence-corrected chi connectivity index (χ2v) is 6.80. The predicted molar refractivity (Wildman–Crippen MR) is 91.6 cm³/mol. The number of rotatable bonds is 5. The zero-order valence-electron chi connectivity index (χ0n) is 13.9. The van der Waals surface area contributed by atoms with Gasteiger partial charge >= 0.3 is 6.03 Å². The monoisotopic (exact) mass is 317 g/mol. The first kappa shape index (κ1) is 16.3. The van der Waals surface area contributed by atoms with E-state index in [0.717, 1.165) is 43.2 Å². The van der Waals surface area contributed by atoms with Crippen molar-refractivity contribution in [1.29, 1.82) is 0 Å². The van der Waals surface area contributed by atoms with Crippen LogP contribution in [0.1, 0.15) is 24.8 Å². The molecule has 1 heterocycles. The Bertz CT molecular complexity index is 545. The smallest absolute Gasteiger partial charge is 0.321 e. The fraction of sp³-hybridized carbons (Fsp3) is 0.611. The van der Waals surface area contributed by atoms with Gasteiger partial charge in [-0.05, 0) is 43.7 Å². The van der Waals surface area contributed by atoms with Crippen molar-refractivity contribution in [1.82, 2.24) is 9.80 Å². The number of hydrogen-bond acceptors (Lipinski definition) is 3. The van der Waals surface area contributed by atoms with Gasteiger partial charge in [0.2, 0.25) is 0 Å². The van der Waals surface area contributed by atoms with Crippen molar-refractivity contribution in [2.24, 2.45) is 5.92 Å². The number of amides is 2. The summed E-state index contributed by atoms with van der Waals surface area (Å²) >= 11 is 0. The molecule has 5 heteroatoms. The van der Waals surface area contributed by atoms with Gasteiger partial charge in [0.05, 0.1) is 0 Å². The molecule has 0 aromatic heterocycles. The number of aliphatic hydroxyl groups is 1. The lowest BCUT2D eigenvalue weighted by Crippen LogP contribution is -2.56. The SMILES string of the molecule is Cc1ccccc1NC(=O)N1CCN(CC2CC2)C(CCO)C1. The lowest BCUT2D eigenvalue weighted by atomic mass is 10.1. The van der Waals surface area contributed by atoms with Gasteiger partial charge in [-0.15, -0.1) is 0 Å². The standard InChI is InChI=1S/C18H27N3O2/c1-14-4-2-3-5-17(14)19-18(23)21-10-9-20(12-15-6-7-15)16(13-21)8-11-22/h2-5,15-16,22H,6-13H2,1H3,(H,19,23). The van der Waals surface area contributed by atoms with E-state index in [9.17, 15) is 9.90 Å². The van der Waals surface area contributed by atoms with Crippen molar-refractivity contribution in [3.05, 3.63) is 29.8 Å². The Kier molecular flexibility index (Phi) is 5.18. The van der Waals surface area contributed by atoms with Crippen LogP contribution in [0.25, 0.3) is 0 Å². The molecule has 3 rings (SSSR count). The Morgan fingerprint density at radius 3 is 2.78 bits per heavy atom. The van der Waals surface area contributed by atoms with E-state index in [0.29, 0.717) is 6.54 Å². The fourth-order valence-electron chi connectivity index (χ4n) is 3.28. The number of carbonyl (C=O) groups excluding carboxylic acids is 1. The number of anilines is 1. The predicted octanol–water partition coefficient (Wildman–Crippen LogP) is 2.31. The molecule has 0 spiro atoms. The molecule has 1 atom stereocenters. The molecule has 126 valence electrons. The van der Waals surface area contributed by atoms with Crippen LogP contribution in [0.3, 0.4) is 0 Å². The molecule has 23 heavy (non-hydrogen) atoms. The number of nitrogens with zero attached hydrogens (tertiary/aromatic N) is 2. The van der Waals surface area contributed by atoms with Crippen molar-refractivity contribution in [2.45, 2.75) is 32.2 Å². The van der Waals surface area contributed by atoms with Gasteiger partial charge in [-0.2, -0.15) is 0 Å². The summed E-state index contributed by atoms with van der Waals surface area (Å²) in [6, 6.07) is 8.08. The largest absolute Gasteiger partial charge is 0.396 e. The highest BCUT2D eigenvalue weighted by atomic mass is 16.3. The normalized spacial score (nSPS) is 22.2. The molecule has 1 unspecified atom stereocenters. The molecule has 0 bridgehead atoms. The zero-order valence-corrected chi connectivity index (χ0v) is 13.9. The molecule has 2 amide bonds. The minimum absolute atomic E-state index is 0.0340. The summed E-state index contributed by atoms with van der Waals surface area (Å²) in [6.07, 6.45) is 3.40. The number of hydrogen-bond donors (Lipinski definition) is 2. The average Bonchev–Trinajstić information content (AvgIpc) is 3.35. The van der Waals surface area contributed by atoms with E-state index in [1.807, 2.05) is 36.1 Å². The molecule has 1 aliphatic carbocycles. The third-order valence-electron chi connectivity index (χ3n) is 4.93. The minimum Gasteiger partial charge on any atom is -0.396 e. The first-order chi connectivity index (χ1) is 11.2. The number of urea groups is 1. The Hall–Kier alpha value is -1.59. The van der Waals surface area contributed by atoms with E-state index in [2.05, 4.69) is 10.2 Å². The lowest BCUT2D eigenvalue weighted by Gasteiger charge is -2.41. The average molecular weight is 317 g/mol. The van der Waals surface area contributed by atoms with Crippen LogP contribution in [0.4, 0.5) is 10.5 Å². The van der Waals surface area contributed by atoms with Gasteiger partial charge in [-0.1, -0.05) is 18.2 Å². The van der Waals surface area contributed by atoms with E-state index in [-0.39, 0.29) is 18.7 Å². The van der Waals surface area contributed by atoms with Crippen molar-refractivity contribution in [3.8, 4) is 0 Å². The van der Waals surface area contributed by atoms with Crippen molar-refractivity contribution >= 4 is 11.7 Å². The van der Waals surface area contributed by atoms with E-state index in [1.165, 1.54) is 12.8 Å². The minimum atomic E-state index is -0.0340. The van der Waals surface area contributed by atoms with Crippen molar-refractivity contribution in [3.63, 3.8) is 0 Å².